The molecule has 0 aromatic heterocycles. The number of hydrogen-bond donors (Lipinski definition) is 0. The van der Waals surface area contributed by atoms with Crippen molar-refractivity contribution >= 4 is 0 Å². The highest BCUT2D eigenvalue weighted by Crippen LogP contribution is 2.52. The molecule has 1 fully saturated rings. The van der Waals surface area contributed by atoms with Crippen molar-refractivity contribution in [2.75, 3.05) is 54.4 Å². The summed E-state index contributed by atoms with van der Waals surface area (Å²) >= 11 is 0. The van der Waals surface area contributed by atoms with E-state index in [0.717, 1.165) is 42.1 Å². The van der Waals surface area contributed by atoms with Crippen LogP contribution in [0.1, 0.15) is 30.4 Å². The summed E-state index contributed by atoms with van der Waals surface area (Å²) in [5.74, 6) is 4.37. The van der Waals surface area contributed by atoms with Crippen LogP contribution in [-0.2, 0) is 4.74 Å². The molecule has 0 unspecified atom stereocenters. The van der Waals surface area contributed by atoms with Crippen molar-refractivity contribution in [2.45, 2.75) is 25.5 Å². The Kier molecular flexibility index (Phi) is 6.12. The third kappa shape index (κ3) is 3.81. The van der Waals surface area contributed by atoms with E-state index in [9.17, 15) is 0 Å². The highest BCUT2D eigenvalue weighted by Gasteiger charge is 2.43. The minimum absolute atomic E-state index is 0.0369. The van der Waals surface area contributed by atoms with Crippen LogP contribution in [0.3, 0.4) is 0 Å². The number of methoxy groups -OCH3 is 3. The molecule has 3 aliphatic rings. The molecule has 8 heteroatoms. The number of hydrogen-bond acceptors (Lipinski definition) is 8. The molecular weight excluding hydrogens is 426 g/mol. The molecule has 0 amide bonds. The van der Waals surface area contributed by atoms with Gasteiger partial charge >= 0.3 is 0 Å². The zero-order valence-electron chi connectivity index (χ0n) is 19.6. The smallest absolute Gasteiger partial charge is 0.231 e. The maximum absolute atomic E-state index is 6.66. The van der Waals surface area contributed by atoms with Crippen LogP contribution in [0.5, 0.6) is 34.5 Å². The van der Waals surface area contributed by atoms with Crippen LogP contribution in [-0.4, -0.2) is 65.6 Å². The predicted molar refractivity (Wildman–Crippen MR) is 121 cm³/mol. The van der Waals surface area contributed by atoms with Gasteiger partial charge in [-0.1, -0.05) is 6.92 Å². The van der Waals surface area contributed by atoms with E-state index in [2.05, 4.69) is 17.9 Å². The summed E-state index contributed by atoms with van der Waals surface area (Å²) in [6.45, 7) is 5.52. The van der Waals surface area contributed by atoms with E-state index < -0.39 is 0 Å². The Labute approximate surface area is 194 Å². The van der Waals surface area contributed by atoms with E-state index in [1.54, 1.807) is 21.3 Å². The number of morpholine rings is 1. The number of fused-ring (bicyclic) bond motifs is 2. The van der Waals surface area contributed by atoms with E-state index in [-0.39, 0.29) is 24.9 Å². The summed E-state index contributed by atoms with van der Waals surface area (Å²) in [7, 11) is 4.91. The summed E-state index contributed by atoms with van der Waals surface area (Å²) < 4.78 is 40.5. The molecule has 2 aromatic rings. The van der Waals surface area contributed by atoms with Gasteiger partial charge in [0.25, 0.3) is 0 Å². The lowest BCUT2D eigenvalue weighted by molar-refractivity contribution is -0.0830. The number of benzene rings is 2. The average molecular weight is 458 g/mol. The van der Waals surface area contributed by atoms with Gasteiger partial charge in [0, 0.05) is 36.6 Å². The Balaban J connectivity index is 1.67. The second kappa shape index (κ2) is 9.19. The van der Waals surface area contributed by atoms with Gasteiger partial charge in [-0.3, -0.25) is 4.90 Å². The van der Waals surface area contributed by atoms with E-state index >= 15 is 0 Å². The third-order valence-corrected chi connectivity index (χ3v) is 6.81. The van der Waals surface area contributed by atoms with Crippen molar-refractivity contribution in [1.82, 2.24) is 4.90 Å². The quantitative estimate of drug-likeness (QED) is 0.651. The van der Waals surface area contributed by atoms with Crippen molar-refractivity contribution in [2.24, 2.45) is 5.92 Å². The van der Waals surface area contributed by atoms with Crippen molar-refractivity contribution in [3.63, 3.8) is 0 Å². The fourth-order valence-corrected chi connectivity index (χ4v) is 5.22. The van der Waals surface area contributed by atoms with Crippen LogP contribution >= 0.6 is 0 Å². The Morgan fingerprint density at radius 3 is 2.15 bits per heavy atom. The van der Waals surface area contributed by atoms with Crippen molar-refractivity contribution in [1.29, 1.82) is 0 Å². The van der Waals surface area contributed by atoms with Gasteiger partial charge in [-0.2, -0.15) is 0 Å². The summed E-state index contributed by atoms with van der Waals surface area (Å²) in [5, 5.41) is 0. The number of ether oxygens (including phenoxy) is 7. The van der Waals surface area contributed by atoms with Gasteiger partial charge in [0.15, 0.2) is 29.2 Å². The normalized spacial score (nSPS) is 24.1. The fourth-order valence-electron chi connectivity index (χ4n) is 5.22. The first-order valence-corrected chi connectivity index (χ1v) is 11.4. The molecular formula is C25H31NO7. The van der Waals surface area contributed by atoms with Crippen LogP contribution in [0.25, 0.3) is 0 Å². The summed E-state index contributed by atoms with van der Waals surface area (Å²) in [6, 6.07) is 8.11. The first kappa shape index (κ1) is 22.0. The van der Waals surface area contributed by atoms with Gasteiger partial charge in [-0.25, -0.2) is 0 Å². The molecule has 2 aromatic carbocycles. The molecule has 8 nitrogen and oxygen atoms in total. The maximum atomic E-state index is 6.66. The van der Waals surface area contributed by atoms with Crippen LogP contribution in [0.2, 0.25) is 0 Å². The highest BCUT2D eigenvalue weighted by atomic mass is 16.7. The Morgan fingerprint density at radius 1 is 0.879 bits per heavy atom. The molecule has 0 aliphatic carbocycles. The molecule has 0 N–H and O–H groups in total. The molecule has 3 aliphatic heterocycles. The first-order valence-electron chi connectivity index (χ1n) is 11.4. The topological polar surface area (TPSA) is 67.9 Å². The minimum Gasteiger partial charge on any atom is -0.493 e. The van der Waals surface area contributed by atoms with E-state index in [4.69, 9.17) is 33.2 Å². The highest BCUT2D eigenvalue weighted by molar-refractivity contribution is 5.60. The lowest BCUT2D eigenvalue weighted by atomic mass is 9.75. The van der Waals surface area contributed by atoms with Crippen LogP contribution < -0.4 is 28.4 Å². The molecule has 3 heterocycles. The second-order valence-corrected chi connectivity index (χ2v) is 8.41. The van der Waals surface area contributed by atoms with Gasteiger partial charge in [-0.15, -0.1) is 0 Å². The fraction of sp³-hybridized carbons (Fsp3) is 0.520. The minimum atomic E-state index is -0.0872. The molecule has 0 spiro atoms. The standard InChI is InChI=1S/C25H31NO7/c1-5-16-23(15-10-21(27-2)24(29-4)22(11-15)28-3)17-12-19-20(32-14-31-19)13-18(17)33-25(16)26-6-8-30-9-7-26/h10-13,16,23,25H,5-9,14H2,1-4H3/t16-,23-,25-/m1/s1. The predicted octanol–water partition coefficient (Wildman–Crippen LogP) is 3.65. The first-order chi connectivity index (χ1) is 16.2. The zero-order valence-corrected chi connectivity index (χ0v) is 19.6. The van der Waals surface area contributed by atoms with Crippen molar-refractivity contribution in [3.05, 3.63) is 35.4 Å². The Hall–Kier alpha value is -2.84. The molecule has 5 rings (SSSR count). The van der Waals surface area contributed by atoms with E-state index in [0.29, 0.717) is 36.2 Å². The molecule has 0 bridgehead atoms. The van der Waals surface area contributed by atoms with Crippen LogP contribution in [0, 0.1) is 5.92 Å². The van der Waals surface area contributed by atoms with Crippen molar-refractivity contribution < 1.29 is 33.2 Å². The molecule has 1 saturated heterocycles. The zero-order chi connectivity index (χ0) is 22.9. The summed E-state index contributed by atoms with van der Waals surface area (Å²) in [6.07, 6.45) is 0.841. The number of nitrogens with zero attached hydrogens (tertiary/aromatic N) is 1. The van der Waals surface area contributed by atoms with Gasteiger partial charge in [-0.05, 0) is 30.2 Å². The molecule has 33 heavy (non-hydrogen) atoms. The van der Waals surface area contributed by atoms with Gasteiger partial charge < -0.3 is 33.2 Å². The second-order valence-electron chi connectivity index (χ2n) is 8.41. The lowest BCUT2D eigenvalue weighted by Crippen LogP contribution is -2.52. The lowest BCUT2D eigenvalue weighted by Gasteiger charge is -2.45. The van der Waals surface area contributed by atoms with Gasteiger partial charge in [0.2, 0.25) is 12.5 Å². The van der Waals surface area contributed by atoms with Crippen LogP contribution in [0.4, 0.5) is 0 Å². The van der Waals surface area contributed by atoms with Gasteiger partial charge in [0.1, 0.15) is 5.75 Å². The van der Waals surface area contributed by atoms with E-state index in [1.807, 2.05) is 18.2 Å². The van der Waals surface area contributed by atoms with Crippen molar-refractivity contribution in [3.8, 4) is 34.5 Å². The number of rotatable bonds is 6. The third-order valence-electron chi connectivity index (χ3n) is 6.81. The molecule has 0 saturated carbocycles. The largest absolute Gasteiger partial charge is 0.493 e. The summed E-state index contributed by atoms with van der Waals surface area (Å²) in [4.78, 5) is 2.39. The molecule has 0 radical (unpaired) electrons. The Bertz CT molecular complexity index is 979. The SMILES string of the molecule is CC[C@@H]1[C@@H](c2cc(OC)c(OC)c(OC)c2)c2cc3c(cc2O[C@H]1N1CCOCC1)OCO3. The molecule has 3 atom stereocenters. The molecule has 178 valence electrons. The van der Waals surface area contributed by atoms with Crippen LogP contribution in [0.15, 0.2) is 24.3 Å². The van der Waals surface area contributed by atoms with Gasteiger partial charge in [0.05, 0.1) is 34.5 Å². The summed E-state index contributed by atoms with van der Waals surface area (Å²) in [5.41, 5.74) is 2.16. The monoisotopic (exact) mass is 457 g/mol. The maximum Gasteiger partial charge on any atom is 0.231 e. The van der Waals surface area contributed by atoms with E-state index in [1.165, 1.54) is 0 Å². The average Bonchev–Trinajstić information content (AvgIpc) is 3.33. The Morgan fingerprint density at radius 2 is 1.55 bits per heavy atom.